The number of halogens is 1. The Morgan fingerprint density at radius 2 is 1.76 bits per heavy atom. The van der Waals surface area contributed by atoms with Crippen molar-refractivity contribution in [2.45, 2.75) is 6.54 Å². The molecule has 0 aliphatic carbocycles. The number of pyridine rings is 1. The van der Waals surface area contributed by atoms with Gasteiger partial charge in [0.05, 0.1) is 6.54 Å². The minimum Gasteiger partial charge on any atom is -0.419 e. The molecular formula is C18H18ClN5O. The number of hydrogen-bond donors (Lipinski definition) is 0. The smallest absolute Gasteiger partial charge is 0.247 e. The summed E-state index contributed by atoms with van der Waals surface area (Å²) in [5, 5.41) is 9.00. The van der Waals surface area contributed by atoms with Gasteiger partial charge in [-0.1, -0.05) is 17.7 Å². The van der Waals surface area contributed by atoms with Crippen LogP contribution in [0.1, 0.15) is 5.89 Å². The summed E-state index contributed by atoms with van der Waals surface area (Å²) in [4.78, 5) is 9.02. The van der Waals surface area contributed by atoms with E-state index in [1.54, 1.807) is 0 Å². The van der Waals surface area contributed by atoms with Crippen molar-refractivity contribution in [3.8, 4) is 11.5 Å². The van der Waals surface area contributed by atoms with Gasteiger partial charge in [-0.15, -0.1) is 10.2 Å². The number of benzene rings is 1. The zero-order chi connectivity index (χ0) is 17.1. The molecular weight excluding hydrogens is 338 g/mol. The molecule has 1 aliphatic heterocycles. The molecule has 1 fully saturated rings. The van der Waals surface area contributed by atoms with E-state index in [1.165, 1.54) is 0 Å². The van der Waals surface area contributed by atoms with Gasteiger partial charge < -0.3 is 9.32 Å². The average molecular weight is 356 g/mol. The van der Waals surface area contributed by atoms with Crippen molar-refractivity contribution in [2.24, 2.45) is 0 Å². The second-order valence-electron chi connectivity index (χ2n) is 5.96. The average Bonchev–Trinajstić information content (AvgIpc) is 3.12. The molecule has 0 unspecified atom stereocenters. The highest BCUT2D eigenvalue weighted by atomic mass is 35.5. The minimum atomic E-state index is 0.527. The Bertz CT molecular complexity index is 813. The molecule has 0 radical (unpaired) electrons. The molecule has 3 aromatic rings. The van der Waals surface area contributed by atoms with Gasteiger partial charge in [0.2, 0.25) is 11.8 Å². The van der Waals surface area contributed by atoms with Crippen LogP contribution in [0.3, 0.4) is 0 Å². The molecule has 3 heterocycles. The quantitative estimate of drug-likeness (QED) is 0.716. The molecule has 0 bridgehead atoms. The van der Waals surface area contributed by atoms with E-state index in [-0.39, 0.29) is 0 Å². The first-order chi connectivity index (χ1) is 12.3. The van der Waals surface area contributed by atoms with Crippen LogP contribution in [0, 0.1) is 0 Å². The maximum absolute atomic E-state index is 5.91. The fourth-order valence-corrected chi connectivity index (χ4v) is 3.02. The highest BCUT2D eigenvalue weighted by Crippen LogP contribution is 2.21. The second kappa shape index (κ2) is 7.21. The van der Waals surface area contributed by atoms with Gasteiger partial charge in [-0.05, 0) is 36.4 Å². The summed E-state index contributed by atoms with van der Waals surface area (Å²) in [5.41, 5.74) is 0.878. The van der Waals surface area contributed by atoms with E-state index in [0.717, 1.165) is 37.6 Å². The summed E-state index contributed by atoms with van der Waals surface area (Å²) in [6.45, 7) is 4.42. The highest BCUT2D eigenvalue weighted by molar-refractivity contribution is 6.30. The third-order valence-electron chi connectivity index (χ3n) is 4.26. The van der Waals surface area contributed by atoms with Crippen molar-refractivity contribution in [3.63, 3.8) is 0 Å². The third-order valence-corrected chi connectivity index (χ3v) is 4.51. The minimum absolute atomic E-state index is 0.527. The molecule has 2 aromatic heterocycles. The number of aromatic nitrogens is 3. The molecule has 0 saturated carbocycles. The monoisotopic (exact) mass is 355 g/mol. The predicted molar refractivity (Wildman–Crippen MR) is 96.5 cm³/mol. The molecule has 0 atom stereocenters. The molecule has 7 heteroatoms. The summed E-state index contributed by atoms with van der Waals surface area (Å²) in [7, 11) is 0. The van der Waals surface area contributed by atoms with Gasteiger partial charge in [0, 0.05) is 43.0 Å². The van der Waals surface area contributed by atoms with Crippen LogP contribution in [-0.4, -0.2) is 46.3 Å². The molecule has 0 amide bonds. The van der Waals surface area contributed by atoms with Crippen molar-refractivity contribution in [3.05, 3.63) is 59.6 Å². The van der Waals surface area contributed by atoms with Gasteiger partial charge in [-0.25, -0.2) is 4.98 Å². The summed E-state index contributed by atoms with van der Waals surface area (Å²) >= 11 is 5.91. The van der Waals surface area contributed by atoms with Crippen molar-refractivity contribution in [1.29, 1.82) is 0 Å². The number of piperazine rings is 1. The van der Waals surface area contributed by atoms with E-state index < -0.39 is 0 Å². The van der Waals surface area contributed by atoms with Crippen molar-refractivity contribution >= 4 is 17.4 Å². The summed E-state index contributed by atoms with van der Waals surface area (Å²) in [6.07, 6.45) is 1.83. The normalized spacial score (nSPS) is 15.5. The van der Waals surface area contributed by atoms with Gasteiger partial charge in [0.15, 0.2) is 0 Å². The van der Waals surface area contributed by atoms with E-state index in [2.05, 4.69) is 25.0 Å². The Balaban J connectivity index is 1.35. The van der Waals surface area contributed by atoms with Crippen LogP contribution in [-0.2, 0) is 6.54 Å². The lowest BCUT2D eigenvalue weighted by atomic mass is 10.2. The summed E-state index contributed by atoms with van der Waals surface area (Å²) in [5.74, 6) is 2.19. The maximum atomic E-state index is 5.91. The van der Waals surface area contributed by atoms with Crippen molar-refractivity contribution in [1.82, 2.24) is 20.1 Å². The molecule has 4 rings (SSSR count). The molecule has 1 aromatic carbocycles. The molecule has 6 nitrogen and oxygen atoms in total. The third kappa shape index (κ3) is 3.81. The zero-order valence-electron chi connectivity index (χ0n) is 13.7. The highest BCUT2D eigenvalue weighted by Gasteiger charge is 2.20. The molecule has 25 heavy (non-hydrogen) atoms. The number of hydrogen-bond acceptors (Lipinski definition) is 6. The van der Waals surface area contributed by atoms with Gasteiger partial charge in [0.1, 0.15) is 5.82 Å². The van der Waals surface area contributed by atoms with Crippen LogP contribution in [0.25, 0.3) is 11.5 Å². The standard InChI is InChI=1S/C18H18ClN5O/c19-15-6-4-14(5-7-15)18-22-21-17(25-18)13-23-9-11-24(12-10-23)16-3-1-2-8-20-16/h1-8H,9-13H2. The number of rotatable bonds is 4. The molecule has 0 spiro atoms. The summed E-state index contributed by atoms with van der Waals surface area (Å²) in [6, 6.07) is 13.4. The molecule has 1 saturated heterocycles. The van der Waals surface area contributed by atoms with Gasteiger partial charge >= 0.3 is 0 Å². The maximum Gasteiger partial charge on any atom is 0.247 e. The van der Waals surface area contributed by atoms with Gasteiger partial charge in [-0.2, -0.15) is 0 Å². The van der Waals surface area contributed by atoms with Crippen molar-refractivity contribution in [2.75, 3.05) is 31.1 Å². The lowest BCUT2D eigenvalue weighted by Gasteiger charge is -2.34. The van der Waals surface area contributed by atoms with Crippen LogP contribution < -0.4 is 4.90 Å². The van der Waals surface area contributed by atoms with Crippen LogP contribution in [0.5, 0.6) is 0 Å². The Kier molecular flexibility index (Phi) is 4.63. The van der Waals surface area contributed by atoms with Crippen LogP contribution in [0.15, 0.2) is 53.1 Å². The Morgan fingerprint density at radius 1 is 0.960 bits per heavy atom. The van der Waals surface area contributed by atoms with Crippen LogP contribution in [0.2, 0.25) is 5.02 Å². The van der Waals surface area contributed by atoms with Crippen molar-refractivity contribution < 1.29 is 4.42 Å². The van der Waals surface area contributed by atoms with E-state index >= 15 is 0 Å². The SMILES string of the molecule is Clc1ccc(-c2nnc(CN3CCN(c4ccccn4)CC3)o2)cc1. The topological polar surface area (TPSA) is 58.3 Å². The fraction of sp³-hybridized carbons (Fsp3) is 0.278. The first-order valence-electron chi connectivity index (χ1n) is 8.24. The lowest BCUT2D eigenvalue weighted by Crippen LogP contribution is -2.46. The predicted octanol–water partition coefficient (Wildman–Crippen LogP) is 3.11. The van der Waals surface area contributed by atoms with E-state index in [9.17, 15) is 0 Å². The van der Waals surface area contributed by atoms with E-state index in [0.29, 0.717) is 23.3 Å². The Hall–Kier alpha value is -2.44. The Labute approximate surface area is 151 Å². The first kappa shape index (κ1) is 16.1. The van der Waals surface area contributed by atoms with E-state index in [1.807, 2.05) is 48.7 Å². The van der Waals surface area contributed by atoms with E-state index in [4.69, 9.17) is 16.0 Å². The number of nitrogens with zero attached hydrogens (tertiary/aromatic N) is 5. The molecule has 1 aliphatic rings. The van der Waals surface area contributed by atoms with Gasteiger partial charge in [-0.3, -0.25) is 4.90 Å². The largest absolute Gasteiger partial charge is 0.419 e. The van der Waals surface area contributed by atoms with Crippen LogP contribution in [0.4, 0.5) is 5.82 Å². The lowest BCUT2D eigenvalue weighted by molar-refractivity contribution is 0.226. The van der Waals surface area contributed by atoms with Crippen LogP contribution >= 0.6 is 11.6 Å². The number of anilines is 1. The Morgan fingerprint density at radius 3 is 2.48 bits per heavy atom. The zero-order valence-corrected chi connectivity index (χ0v) is 14.4. The molecule has 128 valence electrons. The fourth-order valence-electron chi connectivity index (χ4n) is 2.89. The molecule has 0 N–H and O–H groups in total. The second-order valence-corrected chi connectivity index (χ2v) is 6.40. The van der Waals surface area contributed by atoms with Gasteiger partial charge in [0.25, 0.3) is 0 Å². The first-order valence-corrected chi connectivity index (χ1v) is 8.62. The summed E-state index contributed by atoms with van der Waals surface area (Å²) < 4.78 is 5.79.